The number of hydrogen-bond acceptors (Lipinski definition) is 5. The van der Waals surface area contributed by atoms with Gasteiger partial charge in [-0.15, -0.1) is 0 Å². The van der Waals surface area contributed by atoms with Crippen LogP contribution < -0.4 is 10.3 Å². The highest BCUT2D eigenvalue weighted by molar-refractivity contribution is 6.01. The molecule has 0 saturated heterocycles. The van der Waals surface area contributed by atoms with Crippen molar-refractivity contribution < 1.29 is 15.0 Å². The van der Waals surface area contributed by atoms with E-state index < -0.39 is 0 Å². The normalized spacial score (nSPS) is 14.1. The first kappa shape index (κ1) is 16.8. The average Bonchev–Trinajstić information content (AvgIpc) is 2.60. The second kappa shape index (κ2) is 7.25. The molecule has 130 valence electrons. The van der Waals surface area contributed by atoms with Crippen LogP contribution in [0, 0.1) is 0 Å². The lowest BCUT2D eigenvalue weighted by Gasteiger charge is -2.30. The maximum atomic E-state index is 12.2. The molecule has 1 amide bonds. The number of carbonyl (C=O) groups excluding carboxylic acids is 1. The van der Waals surface area contributed by atoms with Crippen molar-refractivity contribution in [3.8, 4) is 11.5 Å². The first-order chi connectivity index (χ1) is 12.0. The first-order valence-corrected chi connectivity index (χ1v) is 8.23. The zero-order valence-electron chi connectivity index (χ0n) is 14.1. The standard InChI is InChI=1S/C19H21N3O3/c1-13(16-9-8-15(23)11-18(16)24)20-21-19(25)12-22-10-4-6-14-5-2-3-7-17(14)22/h2-3,5,7-9,11,23-24H,4,6,10,12H2,1H3,(H,21,25)/b20-13+. The van der Waals surface area contributed by atoms with Crippen LogP contribution in [0.2, 0.25) is 0 Å². The second-order valence-corrected chi connectivity index (χ2v) is 6.09. The number of nitrogens with one attached hydrogen (secondary N) is 1. The molecule has 3 rings (SSSR count). The molecule has 1 aliphatic heterocycles. The van der Waals surface area contributed by atoms with E-state index in [9.17, 15) is 15.0 Å². The van der Waals surface area contributed by atoms with Gasteiger partial charge in [0, 0.05) is 23.9 Å². The molecule has 0 fully saturated rings. The third-order valence-electron chi connectivity index (χ3n) is 4.26. The third-order valence-corrected chi connectivity index (χ3v) is 4.26. The van der Waals surface area contributed by atoms with Crippen LogP contribution in [-0.2, 0) is 11.2 Å². The second-order valence-electron chi connectivity index (χ2n) is 6.09. The molecule has 0 spiro atoms. The highest BCUT2D eigenvalue weighted by Crippen LogP contribution is 2.26. The Hall–Kier alpha value is -3.02. The Balaban J connectivity index is 1.65. The number of fused-ring (bicyclic) bond motifs is 1. The molecule has 1 aliphatic rings. The summed E-state index contributed by atoms with van der Waals surface area (Å²) in [5.41, 5.74) is 5.81. The molecule has 2 aromatic rings. The van der Waals surface area contributed by atoms with Crippen molar-refractivity contribution in [2.24, 2.45) is 5.10 Å². The van der Waals surface area contributed by atoms with E-state index in [0.717, 1.165) is 25.1 Å². The van der Waals surface area contributed by atoms with Crippen molar-refractivity contribution in [3.63, 3.8) is 0 Å². The van der Waals surface area contributed by atoms with Crippen LogP contribution in [0.5, 0.6) is 11.5 Å². The van der Waals surface area contributed by atoms with E-state index in [4.69, 9.17) is 0 Å². The highest BCUT2D eigenvalue weighted by atomic mass is 16.3. The number of phenolic OH excluding ortho intramolecular Hbond substituents is 2. The van der Waals surface area contributed by atoms with Gasteiger partial charge >= 0.3 is 0 Å². The monoisotopic (exact) mass is 339 g/mol. The Kier molecular flexibility index (Phi) is 4.88. The minimum Gasteiger partial charge on any atom is -0.508 e. The van der Waals surface area contributed by atoms with Gasteiger partial charge in [-0.3, -0.25) is 4.79 Å². The number of aryl methyl sites for hydroxylation is 1. The predicted octanol–water partition coefficient (Wildman–Crippen LogP) is 2.39. The van der Waals surface area contributed by atoms with Crippen LogP contribution in [0.1, 0.15) is 24.5 Å². The summed E-state index contributed by atoms with van der Waals surface area (Å²) in [6.07, 6.45) is 2.06. The molecule has 25 heavy (non-hydrogen) atoms. The summed E-state index contributed by atoms with van der Waals surface area (Å²) in [4.78, 5) is 14.3. The zero-order valence-corrected chi connectivity index (χ0v) is 14.1. The summed E-state index contributed by atoms with van der Waals surface area (Å²) in [5, 5.41) is 23.2. The predicted molar refractivity (Wildman–Crippen MR) is 97.1 cm³/mol. The Bertz CT molecular complexity index is 817. The lowest BCUT2D eigenvalue weighted by Crippen LogP contribution is -2.38. The van der Waals surface area contributed by atoms with Crippen molar-refractivity contribution in [2.45, 2.75) is 19.8 Å². The van der Waals surface area contributed by atoms with E-state index in [1.54, 1.807) is 13.0 Å². The van der Waals surface area contributed by atoms with Crippen LogP contribution in [0.25, 0.3) is 0 Å². The fourth-order valence-electron chi connectivity index (χ4n) is 3.02. The molecule has 2 aromatic carbocycles. The number of hydrogen-bond donors (Lipinski definition) is 3. The number of para-hydroxylation sites is 1. The maximum Gasteiger partial charge on any atom is 0.259 e. The number of anilines is 1. The fraction of sp³-hybridized carbons (Fsp3) is 0.263. The Labute approximate surface area is 146 Å². The van der Waals surface area contributed by atoms with E-state index in [1.807, 2.05) is 18.2 Å². The molecule has 6 heteroatoms. The number of hydrazone groups is 1. The zero-order chi connectivity index (χ0) is 17.8. The van der Waals surface area contributed by atoms with Gasteiger partial charge < -0.3 is 15.1 Å². The Morgan fingerprint density at radius 1 is 1.24 bits per heavy atom. The van der Waals surface area contributed by atoms with Crippen LogP contribution in [0.3, 0.4) is 0 Å². The van der Waals surface area contributed by atoms with Crippen molar-refractivity contribution in [1.82, 2.24) is 5.43 Å². The number of nitrogens with zero attached hydrogens (tertiary/aromatic N) is 2. The van der Waals surface area contributed by atoms with E-state index in [2.05, 4.69) is 21.5 Å². The van der Waals surface area contributed by atoms with Gasteiger partial charge in [-0.2, -0.15) is 5.10 Å². The SMILES string of the molecule is C/C(=N\NC(=O)CN1CCCc2ccccc21)c1ccc(O)cc1O. The summed E-state index contributed by atoms with van der Waals surface area (Å²) < 4.78 is 0. The summed E-state index contributed by atoms with van der Waals surface area (Å²) in [6.45, 7) is 2.75. The molecule has 6 nitrogen and oxygen atoms in total. The van der Waals surface area contributed by atoms with Crippen molar-refractivity contribution >= 4 is 17.3 Å². The molecule has 1 heterocycles. The Morgan fingerprint density at radius 2 is 2.04 bits per heavy atom. The molecule has 0 radical (unpaired) electrons. The van der Waals surface area contributed by atoms with E-state index in [0.29, 0.717) is 11.3 Å². The molecule has 0 unspecified atom stereocenters. The van der Waals surface area contributed by atoms with Gasteiger partial charge in [0.1, 0.15) is 11.5 Å². The molecular weight excluding hydrogens is 318 g/mol. The molecule has 0 saturated carbocycles. The van der Waals surface area contributed by atoms with E-state index in [1.165, 1.54) is 17.7 Å². The molecule has 0 atom stereocenters. The smallest absolute Gasteiger partial charge is 0.259 e. The number of rotatable bonds is 4. The van der Waals surface area contributed by atoms with E-state index >= 15 is 0 Å². The van der Waals surface area contributed by atoms with Gasteiger partial charge in [0.25, 0.3) is 5.91 Å². The molecule has 0 aromatic heterocycles. The highest BCUT2D eigenvalue weighted by Gasteiger charge is 2.18. The van der Waals surface area contributed by atoms with Crippen LogP contribution in [0.4, 0.5) is 5.69 Å². The van der Waals surface area contributed by atoms with Gasteiger partial charge in [-0.05, 0) is 43.5 Å². The number of benzene rings is 2. The average molecular weight is 339 g/mol. The summed E-state index contributed by atoms with van der Waals surface area (Å²) in [7, 11) is 0. The van der Waals surface area contributed by atoms with Crippen LogP contribution in [0.15, 0.2) is 47.6 Å². The quantitative estimate of drug-likeness (QED) is 0.590. The minimum atomic E-state index is -0.214. The summed E-state index contributed by atoms with van der Waals surface area (Å²) in [6, 6.07) is 12.4. The summed E-state index contributed by atoms with van der Waals surface area (Å²) in [5.74, 6) is -0.323. The van der Waals surface area contributed by atoms with Gasteiger partial charge in [0.2, 0.25) is 0 Å². The topological polar surface area (TPSA) is 85.2 Å². The largest absolute Gasteiger partial charge is 0.508 e. The van der Waals surface area contributed by atoms with Gasteiger partial charge in [0.05, 0.1) is 12.3 Å². The molecular formula is C19H21N3O3. The van der Waals surface area contributed by atoms with Crippen molar-refractivity contribution in [3.05, 3.63) is 53.6 Å². The van der Waals surface area contributed by atoms with Crippen LogP contribution >= 0.6 is 0 Å². The number of carbonyl (C=O) groups is 1. The van der Waals surface area contributed by atoms with Gasteiger partial charge in [0.15, 0.2) is 0 Å². The van der Waals surface area contributed by atoms with Crippen LogP contribution in [-0.4, -0.2) is 34.9 Å². The first-order valence-electron chi connectivity index (χ1n) is 8.23. The number of phenols is 2. The molecule has 0 aliphatic carbocycles. The lowest BCUT2D eigenvalue weighted by atomic mass is 10.0. The number of amides is 1. The number of aromatic hydroxyl groups is 2. The van der Waals surface area contributed by atoms with Crippen molar-refractivity contribution in [2.75, 3.05) is 18.0 Å². The molecule has 0 bridgehead atoms. The minimum absolute atomic E-state index is 0.0261. The van der Waals surface area contributed by atoms with Crippen molar-refractivity contribution in [1.29, 1.82) is 0 Å². The maximum absolute atomic E-state index is 12.2. The third kappa shape index (κ3) is 3.91. The van der Waals surface area contributed by atoms with E-state index in [-0.39, 0.29) is 24.0 Å². The molecule has 3 N–H and O–H groups in total. The summed E-state index contributed by atoms with van der Waals surface area (Å²) >= 11 is 0. The Morgan fingerprint density at radius 3 is 2.84 bits per heavy atom. The van der Waals surface area contributed by atoms with Gasteiger partial charge in [-0.1, -0.05) is 18.2 Å². The fourth-order valence-corrected chi connectivity index (χ4v) is 3.02. The van der Waals surface area contributed by atoms with Gasteiger partial charge in [-0.25, -0.2) is 5.43 Å². The lowest BCUT2D eigenvalue weighted by molar-refractivity contribution is -0.119.